The van der Waals surface area contributed by atoms with E-state index in [1.54, 1.807) is 22.7 Å². The molecule has 13 nitrogen and oxygen atoms in total. The molecule has 2 aromatic heterocycles. The van der Waals surface area contributed by atoms with Crippen LogP contribution in [0, 0.1) is 5.82 Å². The van der Waals surface area contributed by atoms with Crippen molar-refractivity contribution in [3.63, 3.8) is 0 Å². The normalized spacial score (nSPS) is 17.3. The van der Waals surface area contributed by atoms with Gasteiger partial charge < -0.3 is 14.9 Å². The molecule has 5 heterocycles. The van der Waals surface area contributed by atoms with Crippen LogP contribution >= 0.6 is 11.3 Å². The number of benzene rings is 2. The lowest BCUT2D eigenvalue weighted by Crippen LogP contribution is -2.50. The van der Waals surface area contributed by atoms with Gasteiger partial charge in [0.15, 0.2) is 5.13 Å². The molecule has 3 aliphatic rings. The molecule has 4 aromatic rings. The number of nitrogens with zero attached hydrogens (tertiary/aromatic N) is 6. The molecule has 0 radical (unpaired) electrons. The Balaban J connectivity index is 1.03. The lowest BCUT2D eigenvalue weighted by atomic mass is 10.0. The largest absolute Gasteiger partial charge is 0.508 e. The first-order valence-electron chi connectivity index (χ1n) is 16.3. The van der Waals surface area contributed by atoms with Crippen molar-refractivity contribution in [3.05, 3.63) is 94.5 Å². The number of aromatic nitrogens is 2. The van der Waals surface area contributed by atoms with E-state index in [-0.39, 0.29) is 42.1 Å². The first-order chi connectivity index (χ1) is 24.2. The van der Waals surface area contributed by atoms with Gasteiger partial charge in [0.2, 0.25) is 5.91 Å². The number of amides is 5. The van der Waals surface area contributed by atoms with Crippen molar-refractivity contribution in [2.24, 2.45) is 0 Å². The van der Waals surface area contributed by atoms with Crippen LogP contribution in [0.5, 0.6) is 5.75 Å². The molecule has 5 amide bonds. The molecule has 3 aliphatic heterocycles. The van der Waals surface area contributed by atoms with Gasteiger partial charge in [-0.3, -0.25) is 39.8 Å². The van der Waals surface area contributed by atoms with Crippen LogP contribution in [0.3, 0.4) is 0 Å². The van der Waals surface area contributed by atoms with E-state index in [0.717, 1.165) is 54.9 Å². The Morgan fingerprint density at radius 2 is 1.94 bits per heavy atom. The second-order valence-corrected chi connectivity index (χ2v) is 13.5. The highest BCUT2D eigenvalue weighted by molar-refractivity contribution is 7.13. The van der Waals surface area contributed by atoms with Gasteiger partial charge in [-0.2, -0.15) is 0 Å². The van der Waals surface area contributed by atoms with Gasteiger partial charge in [0.25, 0.3) is 11.8 Å². The maximum atomic E-state index is 14.4. The van der Waals surface area contributed by atoms with Gasteiger partial charge in [-0.25, -0.2) is 14.2 Å². The summed E-state index contributed by atoms with van der Waals surface area (Å²) in [5, 5.41) is 17.8. The summed E-state index contributed by atoms with van der Waals surface area (Å²) in [6.07, 6.45) is 6.87. The third kappa shape index (κ3) is 6.61. The van der Waals surface area contributed by atoms with Gasteiger partial charge in [-0.05, 0) is 67.4 Å². The van der Waals surface area contributed by atoms with E-state index in [9.17, 15) is 28.7 Å². The van der Waals surface area contributed by atoms with Crippen molar-refractivity contribution in [2.75, 3.05) is 41.8 Å². The molecule has 15 heteroatoms. The third-order valence-corrected chi connectivity index (χ3v) is 10.2. The van der Waals surface area contributed by atoms with Crippen molar-refractivity contribution in [3.8, 4) is 5.75 Å². The number of phenols is 1. The molecule has 3 N–H and O–H groups in total. The third-order valence-electron chi connectivity index (χ3n) is 9.54. The Kier molecular flexibility index (Phi) is 9.16. The fourth-order valence-electron chi connectivity index (χ4n) is 6.92. The van der Waals surface area contributed by atoms with Crippen LogP contribution in [0.2, 0.25) is 0 Å². The number of hydrogen-bond donors (Lipinski definition) is 3. The van der Waals surface area contributed by atoms with E-state index in [1.165, 1.54) is 28.5 Å². The van der Waals surface area contributed by atoms with Gasteiger partial charge in [0.1, 0.15) is 17.6 Å². The molecular weight excluding hydrogens is 664 g/mol. The fourth-order valence-corrected chi connectivity index (χ4v) is 7.45. The second-order valence-electron chi connectivity index (χ2n) is 12.6. The molecule has 1 unspecified atom stereocenters. The van der Waals surface area contributed by atoms with Crippen molar-refractivity contribution in [2.45, 2.75) is 44.4 Å². The molecule has 0 bridgehead atoms. The number of aromatic hydroxyl groups is 1. The quantitative estimate of drug-likeness (QED) is 0.233. The summed E-state index contributed by atoms with van der Waals surface area (Å²) in [7, 11) is 2.06. The Labute approximate surface area is 291 Å². The first-order valence-corrected chi connectivity index (χ1v) is 17.2. The number of carbonyl (C=O) groups is 4. The lowest BCUT2D eigenvalue weighted by molar-refractivity contribution is -0.121. The molecule has 7 rings (SSSR count). The minimum absolute atomic E-state index is 0.0141. The highest BCUT2D eigenvalue weighted by Gasteiger charge is 2.40. The number of fused-ring (bicyclic) bond motifs is 1. The van der Waals surface area contributed by atoms with Crippen molar-refractivity contribution in [1.29, 1.82) is 0 Å². The highest BCUT2D eigenvalue weighted by Crippen LogP contribution is 2.38. The van der Waals surface area contributed by atoms with Crippen LogP contribution in [0.1, 0.15) is 52.4 Å². The molecule has 50 heavy (non-hydrogen) atoms. The highest BCUT2D eigenvalue weighted by atomic mass is 32.1. The molecule has 258 valence electrons. The number of nitrogens with one attached hydrogen (secondary N) is 2. The van der Waals surface area contributed by atoms with Gasteiger partial charge in [-0.1, -0.05) is 6.07 Å². The van der Waals surface area contributed by atoms with Gasteiger partial charge >= 0.3 is 6.03 Å². The van der Waals surface area contributed by atoms with Crippen molar-refractivity contribution >= 4 is 51.6 Å². The number of imide groups is 1. The Morgan fingerprint density at radius 1 is 1.12 bits per heavy atom. The van der Waals surface area contributed by atoms with Crippen LogP contribution in [-0.4, -0.2) is 81.4 Å². The SMILES string of the molecule is CN(Cc1ccncc1N1CCC(=O)NC1=O)C1CCN(c2ccc3c(c2)C(=O)N(C(C(=O)Nc2nccs2)c2cc(F)ccc2O)C3)CC1. The molecule has 2 saturated heterocycles. The van der Waals surface area contributed by atoms with E-state index in [2.05, 4.69) is 37.4 Å². The zero-order chi connectivity index (χ0) is 34.9. The maximum absolute atomic E-state index is 14.4. The summed E-state index contributed by atoms with van der Waals surface area (Å²) in [5.41, 5.74) is 3.70. The van der Waals surface area contributed by atoms with Crippen LogP contribution in [0.25, 0.3) is 0 Å². The van der Waals surface area contributed by atoms with E-state index >= 15 is 0 Å². The molecule has 0 spiro atoms. The maximum Gasteiger partial charge on any atom is 0.328 e. The van der Waals surface area contributed by atoms with Crippen LogP contribution in [0.15, 0.2) is 66.4 Å². The van der Waals surface area contributed by atoms with E-state index in [0.29, 0.717) is 29.5 Å². The van der Waals surface area contributed by atoms with Crippen LogP contribution in [-0.2, 0) is 22.7 Å². The standard InChI is InChI=1S/C35H35FN8O5S/c1-41(19-22-6-10-37-18-28(22)43-14-9-30(46)39-35(43)49)24-7-12-42(13-8-24)25-4-2-21-20-44(33(48)26(21)17-25)31(27-16-23(36)3-5-29(27)45)32(47)40-34-38-11-15-50-34/h2-6,10-11,15-18,24,31,45H,7-9,12-14,19-20H2,1H3,(H,38,40,47)(H,39,46,49). The Bertz CT molecular complexity index is 1950. The Hall–Kier alpha value is -5.41. The average molecular weight is 699 g/mol. The number of piperidine rings is 1. The number of anilines is 3. The van der Waals surface area contributed by atoms with Crippen LogP contribution in [0.4, 0.5) is 25.7 Å². The monoisotopic (exact) mass is 698 g/mol. The number of urea groups is 1. The number of phenolic OH excluding ortho intramolecular Hbond substituents is 1. The summed E-state index contributed by atoms with van der Waals surface area (Å²) < 4.78 is 14.4. The molecule has 1 atom stereocenters. The summed E-state index contributed by atoms with van der Waals surface area (Å²) in [6.45, 7) is 2.52. The predicted molar refractivity (Wildman–Crippen MR) is 184 cm³/mol. The molecule has 2 aromatic carbocycles. The van der Waals surface area contributed by atoms with E-state index < -0.39 is 23.8 Å². The number of carbonyl (C=O) groups excluding carboxylic acids is 4. The summed E-state index contributed by atoms with van der Waals surface area (Å²) in [5.74, 6) is -2.22. The average Bonchev–Trinajstić information content (AvgIpc) is 3.74. The summed E-state index contributed by atoms with van der Waals surface area (Å²) in [4.78, 5) is 67.4. The topological polar surface area (TPSA) is 151 Å². The minimum atomic E-state index is -1.29. The predicted octanol–water partition coefficient (Wildman–Crippen LogP) is 4.27. The zero-order valence-electron chi connectivity index (χ0n) is 27.2. The molecular formula is C35H35FN8O5S. The number of hydrogen-bond acceptors (Lipinski definition) is 10. The first kappa shape index (κ1) is 33.1. The second kappa shape index (κ2) is 13.8. The van der Waals surface area contributed by atoms with Gasteiger partial charge in [0, 0.05) is 79.8 Å². The van der Waals surface area contributed by atoms with E-state index in [1.807, 2.05) is 24.3 Å². The minimum Gasteiger partial charge on any atom is -0.508 e. The summed E-state index contributed by atoms with van der Waals surface area (Å²) in [6, 6.07) is 9.49. The van der Waals surface area contributed by atoms with Crippen molar-refractivity contribution in [1.82, 2.24) is 25.1 Å². The number of rotatable bonds is 9. The van der Waals surface area contributed by atoms with Crippen LogP contribution < -0.4 is 20.4 Å². The molecule has 2 fully saturated rings. The molecule has 0 aliphatic carbocycles. The molecule has 0 saturated carbocycles. The lowest BCUT2D eigenvalue weighted by Gasteiger charge is -2.38. The summed E-state index contributed by atoms with van der Waals surface area (Å²) >= 11 is 1.21. The number of thiazole rings is 1. The fraction of sp³-hybridized carbons (Fsp3) is 0.314. The smallest absolute Gasteiger partial charge is 0.328 e. The van der Waals surface area contributed by atoms with Crippen molar-refractivity contribution < 1.29 is 28.7 Å². The number of halogens is 1. The Morgan fingerprint density at radius 3 is 2.70 bits per heavy atom. The number of pyridine rings is 1. The zero-order valence-corrected chi connectivity index (χ0v) is 28.0. The van der Waals surface area contributed by atoms with E-state index in [4.69, 9.17) is 0 Å². The van der Waals surface area contributed by atoms with Gasteiger partial charge in [-0.15, -0.1) is 11.3 Å². The van der Waals surface area contributed by atoms with Gasteiger partial charge in [0.05, 0.1) is 11.9 Å².